The van der Waals surface area contributed by atoms with Crippen LogP contribution < -0.4 is 0 Å². The van der Waals surface area contributed by atoms with E-state index in [1.54, 1.807) is 14.2 Å². The summed E-state index contributed by atoms with van der Waals surface area (Å²) in [5, 5.41) is 1.20. The lowest BCUT2D eigenvalue weighted by Crippen LogP contribution is -1.77. The number of hydrogen-bond donors (Lipinski definition) is 2. The van der Waals surface area contributed by atoms with Crippen LogP contribution in [0, 0.1) is 0 Å². The number of fused-ring (bicyclic) bond motifs is 9. The van der Waals surface area contributed by atoms with Gasteiger partial charge in [0.1, 0.15) is 0 Å². The van der Waals surface area contributed by atoms with E-state index in [-0.39, 0.29) is 0 Å². The number of hydrogen-bond acceptors (Lipinski definition) is 4. The number of nitrogens with one attached hydrogen (secondary N) is 2. The van der Waals surface area contributed by atoms with Crippen LogP contribution in [-0.2, 0) is 4.74 Å². The number of ether oxygens (including phenoxy) is 1. The van der Waals surface area contributed by atoms with E-state index in [1.165, 1.54) is 5.39 Å². The molecule has 2 N–H and O–H groups in total. The standard InChI is InChI=1S/C20H14N4.C9H7N.C2H6O/c1-2-14-10-16-5-6-18(23-16)12-20-8-7-19(24-20)11-17-4-3-15(22-17)9-13(1)21-14;1-2-6-9-8(4-1)5-3-7-10-9;1-3-2/h1-12,21-22H;1-7H;1-2H3. The molecule has 6 heterocycles. The average molecular weight is 486 g/mol. The Morgan fingerprint density at radius 2 is 1.00 bits per heavy atom. The van der Waals surface area contributed by atoms with Crippen molar-refractivity contribution >= 4 is 57.3 Å². The zero-order valence-corrected chi connectivity index (χ0v) is 20.7. The molecule has 37 heavy (non-hydrogen) atoms. The van der Waals surface area contributed by atoms with E-state index < -0.39 is 0 Å². The molecule has 6 heteroatoms. The van der Waals surface area contributed by atoms with Gasteiger partial charge in [-0.25, -0.2) is 9.97 Å². The van der Waals surface area contributed by atoms with Crippen molar-refractivity contribution in [3.8, 4) is 0 Å². The molecule has 5 aromatic rings. The van der Waals surface area contributed by atoms with Crippen LogP contribution in [-0.4, -0.2) is 39.1 Å². The van der Waals surface area contributed by atoms with Crippen molar-refractivity contribution in [1.29, 1.82) is 0 Å². The van der Waals surface area contributed by atoms with Crippen molar-refractivity contribution in [2.45, 2.75) is 0 Å². The van der Waals surface area contributed by atoms with Crippen LogP contribution in [0.25, 0.3) is 57.3 Å². The number of H-pyrrole nitrogens is 2. The summed E-state index contributed by atoms with van der Waals surface area (Å²) in [4.78, 5) is 20.2. The molecule has 0 radical (unpaired) electrons. The molecule has 182 valence electrons. The molecule has 0 amide bonds. The normalized spacial score (nSPS) is 11.4. The molecule has 0 spiro atoms. The lowest BCUT2D eigenvalue weighted by Gasteiger charge is -1.91. The molecular formula is C31H27N5O. The summed E-state index contributed by atoms with van der Waals surface area (Å²) in [5.41, 5.74) is 8.92. The van der Waals surface area contributed by atoms with E-state index in [4.69, 9.17) is 0 Å². The second-order valence-electron chi connectivity index (χ2n) is 8.51. The Balaban J connectivity index is 0.000000179. The van der Waals surface area contributed by atoms with Crippen molar-refractivity contribution in [3.63, 3.8) is 0 Å². The quantitative estimate of drug-likeness (QED) is 0.239. The number of pyridine rings is 1. The van der Waals surface area contributed by atoms with Crippen LogP contribution >= 0.6 is 0 Å². The molecule has 0 atom stereocenters. The van der Waals surface area contributed by atoms with Gasteiger partial charge in [-0.2, -0.15) is 0 Å². The molecule has 0 saturated heterocycles. The Hall–Kier alpha value is -4.81. The topological polar surface area (TPSA) is 79.5 Å². The van der Waals surface area contributed by atoms with Gasteiger partial charge < -0.3 is 14.7 Å². The largest absolute Gasteiger partial charge is 0.388 e. The van der Waals surface area contributed by atoms with Crippen LogP contribution in [0.1, 0.15) is 22.8 Å². The van der Waals surface area contributed by atoms with Gasteiger partial charge in [-0.1, -0.05) is 24.3 Å². The van der Waals surface area contributed by atoms with Gasteiger partial charge in [-0.15, -0.1) is 0 Å². The van der Waals surface area contributed by atoms with Crippen LogP contribution in [0.5, 0.6) is 0 Å². The number of benzene rings is 1. The van der Waals surface area contributed by atoms with Gasteiger partial charge in [0.2, 0.25) is 0 Å². The number of methoxy groups -OCH3 is 1. The van der Waals surface area contributed by atoms with Gasteiger partial charge in [0.05, 0.1) is 28.3 Å². The molecule has 2 aliphatic rings. The molecule has 8 bridgehead atoms. The first-order valence-corrected chi connectivity index (χ1v) is 11.9. The summed E-state index contributed by atoms with van der Waals surface area (Å²) in [6.45, 7) is 0. The van der Waals surface area contributed by atoms with Crippen molar-refractivity contribution in [3.05, 3.63) is 114 Å². The average Bonchev–Trinajstić information content (AvgIpc) is 3.72. The van der Waals surface area contributed by atoms with E-state index in [0.29, 0.717) is 0 Å². The Morgan fingerprint density at radius 3 is 1.54 bits per heavy atom. The van der Waals surface area contributed by atoms with E-state index in [2.05, 4.69) is 72.1 Å². The van der Waals surface area contributed by atoms with Crippen molar-refractivity contribution < 1.29 is 4.74 Å². The van der Waals surface area contributed by atoms with Crippen LogP contribution in [0.15, 0.2) is 91.1 Å². The van der Waals surface area contributed by atoms with Gasteiger partial charge in [0, 0.05) is 47.9 Å². The van der Waals surface area contributed by atoms with Gasteiger partial charge in [0.15, 0.2) is 0 Å². The van der Waals surface area contributed by atoms with E-state index >= 15 is 0 Å². The highest BCUT2D eigenvalue weighted by Gasteiger charge is 2.02. The van der Waals surface area contributed by atoms with Crippen LogP contribution in [0.2, 0.25) is 0 Å². The minimum absolute atomic E-state index is 0.915. The predicted molar refractivity (Wildman–Crippen MR) is 154 cm³/mol. The molecule has 1 aromatic carbocycles. The summed E-state index contributed by atoms with van der Waals surface area (Å²) in [6.07, 6.45) is 9.86. The number of rotatable bonds is 0. The monoisotopic (exact) mass is 485 g/mol. The zero-order valence-electron chi connectivity index (χ0n) is 20.7. The maximum absolute atomic E-state index is 4.62. The summed E-state index contributed by atoms with van der Waals surface area (Å²) in [7, 11) is 3.25. The SMILES string of the molecule is C1=Cc2cc3ccc(cc4ccc(cc5nc(cc1n2)C=C5)[nH]4)[nH]3.COC.c1ccc2ncccc2c1. The molecule has 0 unspecified atom stereocenters. The lowest BCUT2D eigenvalue weighted by atomic mass is 10.2. The number of aromatic nitrogens is 5. The Morgan fingerprint density at radius 1 is 0.541 bits per heavy atom. The third-order valence-electron chi connectivity index (χ3n) is 5.55. The fourth-order valence-electron chi connectivity index (χ4n) is 3.96. The fourth-order valence-corrected chi connectivity index (χ4v) is 3.96. The van der Waals surface area contributed by atoms with Crippen molar-refractivity contribution in [1.82, 2.24) is 24.9 Å². The highest BCUT2D eigenvalue weighted by atomic mass is 16.4. The molecule has 6 nitrogen and oxygen atoms in total. The Labute approximate surface area is 215 Å². The van der Waals surface area contributed by atoms with Crippen LogP contribution in [0.3, 0.4) is 0 Å². The maximum atomic E-state index is 4.62. The van der Waals surface area contributed by atoms with Gasteiger partial charge in [-0.3, -0.25) is 4.98 Å². The first kappa shape index (κ1) is 23.9. The van der Waals surface area contributed by atoms with Gasteiger partial charge in [-0.05, 0) is 85.0 Å². The smallest absolute Gasteiger partial charge is 0.0701 e. The Kier molecular flexibility index (Phi) is 7.29. The lowest BCUT2D eigenvalue weighted by molar-refractivity contribution is 0.277. The second-order valence-corrected chi connectivity index (χ2v) is 8.51. The molecule has 0 saturated carbocycles. The van der Waals surface area contributed by atoms with E-state index in [0.717, 1.165) is 50.4 Å². The first-order chi connectivity index (χ1) is 18.2. The van der Waals surface area contributed by atoms with Gasteiger partial charge >= 0.3 is 0 Å². The third-order valence-corrected chi connectivity index (χ3v) is 5.55. The molecule has 7 rings (SSSR count). The number of nitrogens with zero attached hydrogens (tertiary/aromatic N) is 3. The molecule has 4 aromatic heterocycles. The number of aromatic amines is 2. The minimum Gasteiger partial charge on any atom is -0.388 e. The third kappa shape index (κ3) is 6.25. The highest BCUT2D eigenvalue weighted by Crippen LogP contribution is 2.17. The molecular weight excluding hydrogens is 458 g/mol. The van der Waals surface area contributed by atoms with Gasteiger partial charge in [0.25, 0.3) is 0 Å². The second kappa shape index (κ2) is 11.3. The van der Waals surface area contributed by atoms with Crippen LogP contribution in [0.4, 0.5) is 0 Å². The summed E-state index contributed by atoms with van der Waals surface area (Å²) >= 11 is 0. The summed E-state index contributed by atoms with van der Waals surface area (Å²) in [6, 6.07) is 28.5. The van der Waals surface area contributed by atoms with E-state index in [1.807, 2.05) is 73.0 Å². The zero-order chi connectivity index (χ0) is 25.5. The Bertz CT molecular complexity index is 1590. The molecule has 0 aliphatic carbocycles. The summed E-state index contributed by atoms with van der Waals surface area (Å²) in [5.74, 6) is 0. The fraction of sp³-hybridized carbons (Fsp3) is 0.0645. The number of para-hydroxylation sites is 1. The maximum Gasteiger partial charge on any atom is 0.0701 e. The summed E-state index contributed by atoms with van der Waals surface area (Å²) < 4.78 is 4.25. The first-order valence-electron chi connectivity index (χ1n) is 11.9. The van der Waals surface area contributed by atoms with Crippen molar-refractivity contribution in [2.75, 3.05) is 14.2 Å². The molecule has 2 aliphatic heterocycles. The minimum atomic E-state index is 0.915. The molecule has 0 fully saturated rings. The highest BCUT2D eigenvalue weighted by molar-refractivity contribution is 5.78. The predicted octanol–water partition coefficient (Wildman–Crippen LogP) is 7.15. The van der Waals surface area contributed by atoms with E-state index in [9.17, 15) is 0 Å². The van der Waals surface area contributed by atoms with Crippen molar-refractivity contribution in [2.24, 2.45) is 0 Å².